The van der Waals surface area contributed by atoms with Crippen molar-refractivity contribution in [2.75, 3.05) is 19.0 Å². The van der Waals surface area contributed by atoms with Crippen LogP contribution < -0.4 is 10.2 Å². The molecule has 0 amide bonds. The zero-order valence-electron chi connectivity index (χ0n) is 10.9. The zero-order chi connectivity index (χ0) is 12.5. The van der Waals surface area contributed by atoms with Gasteiger partial charge in [0.25, 0.3) is 0 Å². The lowest BCUT2D eigenvalue weighted by Gasteiger charge is -2.22. The average molecular weight is 238 g/mol. The van der Waals surface area contributed by atoms with Gasteiger partial charge in [0.05, 0.1) is 0 Å². The normalized spacial score (nSPS) is 17.9. The molecule has 1 unspecified atom stereocenters. The van der Waals surface area contributed by atoms with Gasteiger partial charge in [0.1, 0.15) is 0 Å². The minimum Gasteiger partial charge on any atom is -0.344 e. The van der Waals surface area contributed by atoms with Gasteiger partial charge in [-0.05, 0) is 36.7 Å². The fourth-order valence-electron chi connectivity index (χ4n) is 2.82. The van der Waals surface area contributed by atoms with E-state index in [0.29, 0.717) is 6.04 Å². The minimum atomic E-state index is 0.382. The van der Waals surface area contributed by atoms with Crippen LogP contribution in [-0.2, 0) is 6.42 Å². The summed E-state index contributed by atoms with van der Waals surface area (Å²) in [4.78, 5) is 2.29. The van der Waals surface area contributed by atoms with Gasteiger partial charge in [-0.1, -0.05) is 36.4 Å². The van der Waals surface area contributed by atoms with Crippen LogP contribution in [-0.4, -0.2) is 14.1 Å². The fraction of sp³-hybridized carbons (Fsp3) is 0.250. The second kappa shape index (κ2) is 4.46. The van der Waals surface area contributed by atoms with E-state index in [1.165, 1.54) is 22.5 Å². The molecule has 92 valence electrons. The molecule has 3 rings (SSSR count). The molecule has 2 aromatic rings. The number of para-hydroxylation sites is 2. The molecule has 0 aliphatic carbocycles. The summed E-state index contributed by atoms with van der Waals surface area (Å²) in [6.45, 7) is 0. The topological polar surface area (TPSA) is 15.3 Å². The van der Waals surface area contributed by atoms with E-state index in [0.717, 1.165) is 6.42 Å². The van der Waals surface area contributed by atoms with Crippen molar-refractivity contribution in [2.24, 2.45) is 0 Å². The van der Waals surface area contributed by atoms with Crippen LogP contribution in [0.2, 0.25) is 0 Å². The van der Waals surface area contributed by atoms with E-state index in [2.05, 4.69) is 65.8 Å². The number of fused-ring (bicyclic) bond motifs is 2. The van der Waals surface area contributed by atoms with Crippen molar-refractivity contribution in [3.05, 3.63) is 59.7 Å². The van der Waals surface area contributed by atoms with E-state index in [-0.39, 0.29) is 0 Å². The van der Waals surface area contributed by atoms with Crippen LogP contribution in [0.1, 0.15) is 17.2 Å². The summed E-state index contributed by atoms with van der Waals surface area (Å²) < 4.78 is 0. The maximum absolute atomic E-state index is 3.43. The van der Waals surface area contributed by atoms with E-state index in [1.54, 1.807) is 0 Å². The van der Waals surface area contributed by atoms with E-state index in [9.17, 15) is 0 Å². The standard InChI is InChI=1S/C16H18N2/c1-17-14-11-12-7-3-5-9-15(12)18(2)16-10-6-4-8-13(14)16/h3-10,14,17H,11H2,1-2H3. The molecule has 0 spiro atoms. The number of rotatable bonds is 1. The van der Waals surface area contributed by atoms with E-state index < -0.39 is 0 Å². The molecule has 18 heavy (non-hydrogen) atoms. The predicted octanol–water partition coefficient (Wildman–Crippen LogP) is 3.27. The summed E-state index contributed by atoms with van der Waals surface area (Å²) >= 11 is 0. The summed E-state index contributed by atoms with van der Waals surface area (Å²) in [5, 5.41) is 3.43. The van der Waals surface area contributed by atoms with Crippen LogP contribution in [0, 0.1) is 0 Å². The van der Waals surface area contributed by atoms with Crippen LogP contribution in [0.15, 0.2) is 48.5 Å². The summed E-state index contributed by atoms with van der Waals surface area (Å²) in [5.74, 6) is 0. The Labute approximate surface area is 108 Å². The molecule has 0 aromatic heterocycles. The second-order valence-electron chi connectivity index (χ2n) is 4.79. The lowest BCUT2D eigenvalue weighted by atomic mass is 9.99. The lowest BCUT2D eigenvalue weighted by molar-refractivity contribution is 0.597. The maximum Gasteiger partial charge on any atom is 0.0456 e. The molecule has 0 saturated heterocycles. The first-order valence-electron chi connectivity index (χ1n) is 6.39. The van der Waals surface area contributed by atoms with Gasteiger partial charge in [-0.3, -0.25) is 0 Å². The molecule has 1 atom stereocenters. The average Bonchev–Trinajstić information content (AvgIpc) is 2.55. The van der Waals surface area contributed by atoms with Gasteiger partial charge < -0.3 is 10.2 Å². The van der Waals surface area contributed by atoms with Crippen molar-refractivity contribution in [3.8, 4) is 0 Å². The largest absolute Gasteiger partial charge is 0.344 e. The minimum absolute atomic E-state index is 0.382. The Balaban J connectivity index is 2.21. The smallest absolute Gasteiger partial charge is 0.0456 e. The summed E-state index contributed by atoms with van der Waals surface area (Å²) in [6.07, 6.45) is 1.04. The van der Waals surface area contributed by atoms with E-state index in [4.69, 9.17) is 0 Å². The van der Waals surface area contributed by atoms with Crippen LogP contribution >= 0.6 is 0 Å². The molecule has 1 aliphatic heterocycles. The molecule has 1 heterocycles. The van der Waals surface area contributed by atoms with Crippen LogP contribution in [0.3, 0.4) is 0 Å². The molecular formula is C16H18N2. The van der Waals surface area contributed by atoms with Gasteiger partial charge in [-0.25, -0.2) is 0 Å². The number of hydrogen-bond donors (Lipinski definition) is 1. The van der Waals surface area contributed by atoms with Crippen molar-refractivity contribution in [2.45, 2.75) is 12.5 Å². The molecule has 0 fully saturated rings. The Hall–Kier alpha value is -1.80. The molecule has 1 N–H and O–H groups in total. The van der Waals surface area contributed by atoms with E-state index >= 15 is 0 Å². The first-order valence-corrected chi connectivity index (χ1v) is 6.39. The number of hydrogen-bond acceptors (Lipinski definition) is 2. The molecular weight excluding hydrogens is 220 g/mol. The second-order valence-corrected chi connectivity index (χ2v) is 4.79. The number of nitrogens with one attached hydrogen (secondary N) is 1. The summed E-state index contributed by atoms with van der Waals surface area (Å²) in [7, 11) is 4.19. The van der Waals surface area contributed by atoms with Crippen molar-refractivity contribution < 1.29 is 0 Å². The highest BCUT2D eigenvalue weighted by molar-refractivity contribution is 5.71. The Morgan fingerprint density at radius 3 is 2.44 bits per heavy atom. The molecule has 2 heteroatoms. The quantitative estimate of drug-likeness (QED) is 0.820. The number of benzene rings is 2. The van der Waals surface area contributed by atoms with Gasteiger partial charge in [0.15, 0.2) is 0 Å². The number of nitrogens with zero attached hydrogens (tertiary/aromatic N) is 1. The van der Waals surface area contributed by atoms with Gasteiger partial charge in [-0.2, -0.15) is 0 Å². The van der Waals surface area contributed by atoms with Gasteiger partial charge in [0, 0.05) is 24.5 Å². The highest BCUT2D eigenvalue weighted by atomic mass is 15.1. The maximum atomic E-state index is 3.43. The zero-order valence-corrected chi connectivity index (χ0v) is 10.9. The highest BCUT2D eigenvalue weighted by Crippen LogP contribution is 2.38. The van der Waals surface area contributed by atoms with Crippen LogP contribution in [0.4, 0.5) is 11.4 Å². The van der Waals surface area contributed by atoms with Crippen LogP contribution in [0.5, 0.6) is 0 Å². The SMILES string of the molecule is CNC1Cc2ccccc2N(C)c2ccccc21. The van der Waals surface area contributed by atoms with E-state index in [1.807, 2.05) is 7.05 Å². The Kier molecular flexibility index (Phi) is 2.80. The predicted molar refractivity (Wildman–Crippen MR) is 76.5 cm³/mol. The third-order valence-electron chi connectivity index (χ3n) is 3.80. The monoisotopic (exact) mass is 238 g/mol. The van der Waals surface area contributed by atoms with Crippen molar-refractivity contribution in [3.63, 3.8) is 0 Å². The van der Waals surface area contributed by atoms with Crippen molar-refractivity contribution >= 4 is 11.4 Å². The third-order valence-corrected chi connectivity index (χ3v) is 3.80. The number of anilines is 2. The first-order chi connectivity index (χ1) is 8.81. The lowest BCUT2D eigenvalue weighted by Crippen LogP contribution is -2.18. The van der Waals surface area contributed by atoms with Gasteiger partial charge in [-0.15, -0.1) is 0 Å². The molecule has 1 aliphatic rings. The van der Waals surface area contributed by atoms with Crippen molar-refractivity contribution in [1.29, 1.82) is 0 Å². The Bertz CT molecular complexity index is 563. The summed E-state index contributed by atoms with van der Waals surface area (Å²) in [5.41, 5.74) is 5.37. The fourth-order valence-corrected chi connectivity index (χ4v) is 2.82. The summed E-state index contributed by atoms with van der Waals surface area (Å²) in [6, 6.07) is 17.7. The van der Waals surface area contributed by atoms with Crippen LogP contribution in [0.25, 0.3) is 0 Å². The molecule has 2 aromatic carbocycles. The molecule has 0 saturated carbocycles. The Morgan fingerprint density at radius 1 is 1.00 bits per heavy atom. The number of likely N-dealkylation sites (N-methyl/N-ethyl adjacent to an activating group) is 1. The molecule has 0 radical (unpaired) electrons. The Morgan fingerprint density at radius 2 is 1.67 bits per heavy atom. The highest BCUT2D eigenvalue weighted by Gasteiger charge is 2.23. The van der Waals surface area contributed by atoms with Gasteiger partial charge in [0.2, 0.25) is 0 Å². The third kappa shape index (κ3) is 1.70. The molecule has 0 bridgehead atoms. The molecule has 2 nitrogen and oxygen atoms in total. The first kappa shape index (κ1) is 11.3. The van der Waals surface area contributed by atoms with Crippen molar-refractivity contribution in [1.82, 2.24) is 5.32 Å². The van der Waals surface area contributed by atoms with Gasteiger partial charge >= 0.3 is 0 Å².